The molecule has 3 aromatic carbocycles. The molecule has 6 nitrogen and oxygen atoms in total. The molecule has 0 spiro atoms. The maximum Gasteiger partial charge on any atom is 0.259 e. The highest BCUT2D eigenvalue weighted by Crippen LogP contribution is 2.38. The molecular weight excluding hydrogens is 458 g/mol. The number of nitrogens with zero attached hydrogens (tertiary/aromatic N) is 3. The van der Waals surface area contributed by atoms with Gasteiger partial charge >= 0.3 is 0 Å². The van der Waals surface area contributed by atoms with Gasteiger partial charge in [0.25, 0.3) is 5.91 Å². The zero-order valence-corrected chi connectivity index (χ0v) is 17.8. The van der Waals surface area contributed by atoms with Gasteiger partial charge in [0, 0.05) is 10.0 Å². The smallest absolute Gasteiger partial charge is 0.259 e. The molecule has 2 aliphatic heterocycles. The molecule has 2 aliphatic rings. The van der Waals surface area contributed by atoms with Gasteiger partial charge in [0.15, 0.2) is 0 Å². The molecule has 31 heavy (non-hydrogen) atoms. The van der Waals surface area contributed by atoms with Crippen molar-refractivity contribution in [2.24, 2.45) is 11.0 Å². The second kappa shape index (κ2) is 7.59. The fourth-order valence-corrected chi connectivity index (χ4v) is 4.24. The van der Waals surface area contributed by atoms with Crippen LogP contribution in [0, 0.1) is 5.92 Å². The van der Waals surface area contributed by atoms with Crippen molar-refractivity contribution in [3.8, 4) is 0 Å². The Morgan fingerprint density at radius 3 is 2.03 bits per heavy atom. The van der Waals surface area contributed by atoms with Gasteiger partial charge in [-0.2, -0.15) is 5.10 Å². The van der Waals surface area contributed by atoms with E-state index >= 15 is 0 Å². The summed E-state index contributed by atoms with van der Waals surface area (Å²) >= 11 is 3.40. The molecule has 5 rings (SSSR count). The van der Waals surface area contributed by atoms with Crippen molar-refractivity contribution >= 4 is 50.6 Å². The number of hydrogen-bond donors (Lipinski definition) is 0. The quantitative estimate of drug-likeness (QED) is 0.423. The molecule has 0 aliphatic carbocycles. The largest absolute Gasteiger partial charge is 0.287 e. The molecule has 2 amide bonds. The van der Waals surface area contributed by atoms with E-state index in [1.807, 2.05) is 24.3 Å². The summed E-state index contributed by atoms with van der Waals surface area (Å²) in [5.41, 5.74) is 1.62. The lowest BCUT2D eigenvalue weighted by molar-refractivity contribution is -0.121. The third-order valence-electron chi connectivity index (χ3n) is 5.42. The van der Waals surface area contributed by atoms with Crippen LogP contribution < -0.4 is 9.91 Å². The number of halogens is 1. The Hall–Kier alpha value is -3.58. The van der Waals surface area contributed by atoms with Crippen molar-refractivity contribution in [3.05, 3.63) is 95.0 Å². The van der Waals surface area contributed by atoms with E-state index in [-0.39, 0.29) is 11.5 Å². The molecule has 1 fully saturated rings. The van der Waals surface area contributed by atoms with Crippen LogP contribution in [0.15, 0.2) is 94.5 Å². The standard InChI is InChI=1S/C24H16BrN3O3/c25-16-11-13-18(14-12-16)28-21-19(20(26-28)22(29)15-7-3-1-4-8-15)23(30)27(24(21)31)17-9-5-2-6-10-17/h1-14,19,21H/t19-,21-/m1/s1. The van der Waals surface area contributed by atoms with Crippen molar-refractivity contribution in [1.29, 1.82) is 0 Å². The van der Waals surface area contributed by atoms with E-state index in [1.54, 1.807) is 60.7 Å². The molecule has 0 saturated carbocycles. The molecule has 0 radical (unpaired) electrons. The van der Waals surface area contributed by atoms with Crippen LogP contribution in [0.4, 0.5) is 11.4 Å². The maximum absolute atomic E-state index is 13.4. The second-order valence-corrected chi connectivity index (χ2v) is 8.19. The van der Waals surface area contributed by atoms with Gasteiger partial charge in [-0.05, 0) is 36.4 Å². The second-order valence-electron chi connectivity index (χ2n) is 7.27. The van der Waals surface area contributed by atoms with E-state index in [9.17, 15) is 14.4 Å². The Bertz CT molecular complexity index is 1210. The Balaban J connectivity index is 1.62. The highest BCUT2D eigenvalue weighted by Gasteiger charge is 2.58. The summed E-state index contributed by atoms with van der Waals surface area (Å²) in [5, 5.41) is 5.99. The lowest BCUT2D eigenvalue weighted by atomic mass is 9.92. The van der Waals surface area contributed by atoms with Gasteiger partial charge in [-0.25, -0.2) is 4.90 Å². The van der Waals surface area contributed by atoms with Crippen molar-refractivity contribution < 1.29 is 14.4 Å². The minimum atomic E-state index is -0.968. The molecule has 0 unspecified atom stereocenters. The van der Waals surface area contributed by atoms with Crippen LogP contribution >= 0.6 is 15.9 Å². The van der Waals surface area contributed by atoms with Gasteiger partial charge in [-0.15, -0.1) is 0 Å². The predicted molar refractivity (Wildman–Crippen MR) is 121 cm³/mol. The number of imide groups is 1. The summed E-state index contributed by atoms with van der Waals surface area (Å²) < 4.78 is 0.872. The Morgan fingerprint density at radius 1 is 0.774 bits per heavy atom. The van der Waals surface area contributed by atoms with Crippen LogP contribution in [0.25, 0.3) is 0 Å². The highest BCUT2D eigenvalue weighted by atomic mass is 79.9. The fraction of sp³-hybridized carbons (Fsp3) is 0.0833. The zero-order chi connectivity index (χ0) is 21.5. The number of rotatable bonds is 4. The average Bonchev–Trinajstić information content (AvgIpc) is 3.32. The van der Waals surface area contributed by atoms with Crippen LogP contribution in [0.2, 0.25) is 0 Å². The molecule has 1 saturated heterocycles. The van der Waals surface area contributed by atoms with Gasteiger partial charge in [-0.3, -0.25) is 19.4 Å². The Kier molecular flexibility index (Phi) is 4.75. The number of benzene rings is 3. The molecule has 0 bridgehead atoms. The predicted octanol–water partition coefficient (Wildman–Crippen LogP) is 4.07. The average molecular weight is 474 g/mol. The summed E-state index contributed by atoms with van der Waals surface area (Å²) in [6.45, 7) is 0. The Labute approximate surface area is 186 Å². The first-order valence-electron chi connectivity index (χ1n) is 9.72. The van der Waals surface area contributed by atoms with E-state index in [1.165, 1.54) is 5.01 Å². The molecule has 0 aromatic heterocycles. The minimum Gasteiger partial charge on any atom is -0.287 e. The molecule has 152 valence electrons. The summed E-state index contributed by atoms with van der Waals surface area (Å²) in [6, 6.07) is 23.8. The Morgan fingerprint density at radius 2 is 1.39 bits per heavy atom. The summed E-state index contributed by atoms with van der Waals surface area (Å²) in [6.07, 6.45) is 0. The van der Waals surface area contributed by atoms with E-state index in [0.717, 1.165) is 9.37 Å². The first kappa shape index (κ1) is 19.4. The van der Waals surface area contributed by atoms with Crippen LogP contribution in [-0.2, 0) is 9.59 Å². The van der Waals surface area contributed by atoms with Crippen molar-refractivity contribution in [2.75, 3.05) is 9.91 Å². The number of hydrogen-bond acceptors (Lipinski definition) is 5. The fourth-order valence-electron chi connectivity index (χ4n) is 3.98. The lowest BCUT2D eigenvalue weighted by Crippen LogP contribution is -2.39. The summed E-state index contributed by atoms with van der Waals surface area (Å²) in [5.74, 6) is -2.16. The number of carbonyl (C=O) groups excluding carboxylic acids is 3. The third kappa shape index (κ3) is 3.18. The maximum atomic E-state index is 13.4. The van der Waals surface area contributed by atoms with E-state index in [0.29, 0.717) is 16.9 Å². The first-order valence-corrected chi connectivity index (χ1v) is 10.5. The van der Waals surface area contributed by atoms with E-state index in [2.05, 4.69) is 21.0 Å². The van der Waals surface area contributed by atoms with Gasteiger partial charge in [0.1, 0.15) is 17.7 Å². The van der Waals surface area contributed by atoms with Crippen LogP contribution in [0.5, 0.6) is 0 Å². The van der Waals surface area contributed by atoms with Gasteiger partial charge < -0.3 is 0 Å². The molecular formula is C24H16BrN3O3. The first-order chi connectivity index (χ1) is 15.1. The van der Waals surface area contributed by atoms with Crippen molar-refractivity contribution in [2.45, 2.75) is 6.04 Å². The minimum absolute atomic E-state index is 0.0795. The van der Waals surface area contributed by atoms with Crippen LogP contribution in [-0.4, -0.2) is 29.4 Å². The number of ketones is 1. The topological polar surface area (TPSA) is 70.1 Å². The van der Waals surface area contributed by atoms with E-state index in [4.69, 9.17) is 0 Å². The van der Waals surface area contributed by atoms with Crippen LogP contribution in [0.1, 0.15) is 10.4 Å². The molecule has 2 atom stereocenters. The number of fused-ring (bicyclic) bond motifs is 1. The summed E-state index contributed by atoms with van der Waals surface area (Å²) in [4.78, 5) is 41.3. The SMILES string of the molecule is O=C(C1=NN(c2ccc(Br)cc2)[C@H]2C(=O)N(c3ccccc3)C(=O)[C@H]12)c1ccccc1. The zero-order valence-electron chi connectivity index (χ0n) is 16.2. The summed E-state index contributed by atoms with van der Waals surface area (Å²) in [7, 11) is 0. The number of amides is 2. The van der Waals surface area contributed by atoms with Gasteiger partial charge in [0.05, 0.1) is 11.4 Å². The third-order valence-corrected chi connectivity index (χ3v) is 5.95. The van der Waals surface area contributed by atoms with Gasteiger partial charge in [0.2, 0.25) is 11.7 Å². The number of anilines is 2. The number of para-hydroxylation sites is 1. The van der Waals surface area contributed by atoms with Crippen molar-refractivity contribution in [1.82, 2.24) is 0 Å². The monoisotopic (exact) mass is 473 g/mol. The van der Waals surface area contributed by atoms with Crippen molar-refractivity contribution in [3.63, 3.8) is 0 Å². The lowest BCUT2D eigenvalue weighted by Gasteiger charge is -2.22. The normalized spacial score (nSPS) is 20.1. The molecule has 0 N–H and O–H groups in total. The number of Topliss-reactive ketones (excluding diaryl/α,β-unsaturated/α-hetero) is 1. The van der Waals surface area contributed by atoms with Gasteiger partial charge in [-0.1, -0.05) is 64.5 Å². The highest BCUT2D eigenvalue weighted by molar-refractivity contribution is 9.10. The number of hydrazone groups is 1. The van der Waals surface area contributed by atoms with Crippen LogP contribution in [0.3, 0.4) is 0 Å². The molecule has 7 heteroatoms. The molecule has 3 aromatic rings. The van der Waals surface area contributed by atoms with E-state index < -0.39 is 23.8 Å². The number of carbonyl (C=O) groups is 3. The molecule has 2 heterocycles.